The normalized spacial score (nSPS) is 12.1. The second-order valence-corrected chi connectivity index (χ2v) is 6.56. The molecule has 1 aliphatic rings. The van der Waals surface area contributed by atoms with Gasteiger partial charge in [-0.1, -0.05) is 6.07 Å². The maximum atomic E-state index is 12.4. The minimum absolute atomic E-state index is 0.110. The number of amides is 3. The molecular weight excluding hydrogens is 374 g/mol. The molecule has 0 unspecified atom stereocenters. The summed E-state index contributed by atoms with van der Waals surface area (Å²) in [5, 5.41) is 5.44. The number of nitrogens with zero attached hydrogens (tertiary/aromatic N) is 1. The molecule has 2 aromatic carbocycles. The summed E-state index contributed by atoms with van der Waals surface area (Å²) in [7, 11) is 0. The van der Waals surface area contributed by atoms with Gasteiger partial charge in [-0.2, -0.15) is 0 Å². The molecule has 29 heavy (non-hydrogen) atoms. The molecule has 8 nitrogen and oxygen atoms in total. The number of hydrogen-bond donors (Lipinski definition) is 2. The standard InChI is InChI=1S/C21H23N3O5/c1-14(25)22-16-4-3-5-17(12-16)23-21(27)8-9-24(15(2)26)18-6-7-19-20(13-18)29-11-10-28-19/h3-7,12-13H,8-11H2,1-2H3,(H,22,25)(H,23,27). The molecule has 0 atom stereocenters. The Labute approximate surface area is 168 Å². The predicted octanol–water partition coefficient (Wildman–Crippen LogP) is 2.80. The molecule has 0 aliphatic carbocycles. The Hall–Kier alpha value is -3.55. The average Bonchev–Trinajstić information content (AvgIpc) is 2.67. The maximum Gasteiger partial charge on any atom is 0.226 e. The molecule has 3 rings (SSSR count). The average molecular weight is 397 g/mol. The number of carbonyl (C=O) groups is 3. The highest BCUT2D eigenvalue weighted by molar-refractivity contribution is 5.96. The monoisotopic (exact) mass is 397 g/mol. The molecule has 0 saturated heterocycles. The van der Waals surface area contributed by atoms with E-state index in [-0.39, 0.29) is 30.7 Å². The van der Waals surface area contributed by atoms with E-state index in [0.717, 1.165) is 0 Å². The molecule has 8 heteroatoms. The van der Waals surface area contributed by atoms with Gasteiger partial charge in [0, 0.05) is 49.9 Å². The Balaban J connectivity index is 1.63. The Kier molecular flexibility index (Phi) is 6.33. The van der Waals surface area contributed by atoms with E-state index in [1.165, 1.54) is 18.7 Å². The van der Waals surface area contributed by atoms with Gasteiger partial charge < -0.3 is 25.0 Å². The van der Waals surface area contributed by atoms with Gasteiger partial charge >= 0.3 is 0 Å². The number of carbonyl (C=O) groups excluding carboxylic acids is 3. The van der Waals surface area contributed by atoms with E-state index >= 15 is 0 Å². The second kappa shape index (κ2) is 9.09. The molecule has 1 heterocycles. The summed E-state index contributed by atoms with van der Waals surface area (Å²) in [4.78, 5) is 37.1. The number of ether oxygens (including phenoxy) is 2. The molecule has 0 radical (unpaired) electrons. The zero-order chi connectivity index (χ0) is 20.8. The molecule has 2 aromatic rings. The van der Waals surface area contributed by atoms with Crippen molar-refractivity contribution in [1.29, 1.82) is 0 Å². The molecule has 2 N–H and O–H groups in total. The van der Waals surface area contributed by atoms with Crippen LogP contribution in [0.15, 0.2) is 42.5 Å². The highest BCUT2D eigenvalue weighted by atomic mass is 16.6. The van der Waals surface area contributed by atoms with Crippen molar-refractivity contribution in [3.63, 3.8) is 0 Å². The number of benzene rings is 2. The van der Waals surface area contributed by atoms with Crippen LogP contribution >= 0.6 is 0 Å². The summed E-state index contributed by atoms with van der Waals surface area (Å²) < 4.78 is 11.1. The van der Waals surface area contributed by atoms with Crippen molar-refractivity contribution in [1.82, 2.24) is 0 Å². The largest absolute Gasteiger partial charge is 0.486 e. The van der Waals surface area contributed by atoms with Gasteiger partial charge in [-0.3, -0.25) is 14.4 Å². The summed E-state index contributed by atoms with van der Waals surface area (Å²) in [5.74, 6) is 0.612. The van der Waals surface area contributed by atoms with Crippen LogP contribution in [-0.4, -0.2) is 37.5 Å². The lowest BCUT2D eigenvalue weighted by Crippen LogP contribution is -2.32. The van der Waals surface area contributed by atoms with E-state index in [2.05, 4.69) is 10.6 Å². The lowest BCUT2D eigenvalue weighted by atomic mass is 10.2. The van der Waals surface area contributed by atoms with E-state index in [1.807, 2.05) is 0 Å². The van der Waals surface area contributed by atoms with E-state index in [1.54, 1.807) is 42.5 Å². The minimum atomic E-state index is -0.242. The zero-order valence-electron chi connectivity index (χ0n) is 16.4. The van der Waals surface area contributed by atoms with Crippen molar-refractivity contribution in [2.24, 2.45) is 0 Å². The Bertz CT molecular complexity index is 928. The van der Waals surface area contributed by atoms with Gasteiger partial charge in [-0.05, 0) is 30.3 Å². The lowest BCUT2D eigenvalue weighted by molar-refractivity contribution is -0.117. The van der Waals surface area contributed by atoms with Crippen LogP contribution in [0, 0.1) is 0 Å². The van der Waals surface area contributed by atoms with Gasteiger partial charge in [0.25, 0.3) is 0 Å². The first-order valence-corrected chi connectivity index (χ1v) is 9.27. The number of hydrogen-bond acceptors (Lipinski definition) is 5. The van der Waals surface area contributed by atoms with Crippen LogP contribution in [0.3, 0.4) is 0 Å². The van der Waals surface area contributed by atoms with Crippen LogP contribution in [0.25, 0.3) is 0 Å². The molecule has 0 aromatic heterocycles. The van der Waals surface area contributed by atoms with Crippen LogP contribution in [0.2, 0.25) is 0 Å². The second-order valence-electron chi connectivity index (χ2n) is 6.56. The smallest absolute Gasteiger partial charge is 0.226 e. The van der Waals surface area contributed by atoms with Gasteiger partial charge in [-0.15, -0.1) is 0 Å². The van der Waals surface area contributed by atoms with E-state index in [9.17, 15) is 14.4 Å². The van der Waals surface area contributed by atoms with Crippen LogP contribution in [0.5, 0.6) is 11.5 Å². The highest BCUT2D eigenvalue weighted by Gasteiger charge is 2.18. The van der Waals surface area contributed by atoms with E-state index < -0.39 is 0 Å². The highest BCUT2D eigenvalue weighted by Crippen LogP contribution is 2.34. The van der Waals surface area contributed by atoms with Gasteiger partial charge in [0.2, 0.25) is 17.7 Å². The number of rotatable bonds is 6. The van der Waals surface area contributed by atoms with Gasteiger partial charge in [0.1, 0.15) is 13.2 Å². The fourth-order valence-corrected chi connectivity index (χ4v) is 2.98. The first-order valence-electron chi connectivity index (χ1n) is 9.27. The van der Waals surface area contributed by atoms with E-state index in [4.69, 9.17) is 9.47 Å². The van der Waals surface area contributed by atoms with Crippen molar-refractivity contribution in [3.8, 4) is 11.5 Å². The molecule has 1 aliphatic heterocycles. The van der Waals surface area contributed by atoms with Crippen LogP contribution in [0.1, 0.15) is 20.3 Å². The van der Waals surface area contributed by atoms with Crippen molar-refractivity contribution in [3.05, 3.63) is 42.5 Å². The van der Waals surface area contributed by atoms with Crippen LogP contribution < -0.4 is 25.0 Å². The maximum absolute atomic E-state index is 12.4. The first-order chi connectivity index (χ1) is 13.9. The van der Waals surface area contributed by atoms with Crippen molar-refractivity contribution >= 4 is 34.8 Å². The van der Waals surface area contributed by atoms with Gasteiger partial charge in [-0.25, -0.2) is 0 Å². The molecule has 0 bridgehead atoms. The Morgan fingerprint density at radius 2 is 1.62 bits per heavy atom. The van der Waals surface area contributed by atoms with Crippen molar-refractivity contribution < 1.29 is 23.9 Å². The summed E-state index contributed by atoms with van der Waals surface area (Å²) in [5.41, 5.74) is 1.80. The number of fused-ring (bicyclic) bond motifs is 1. The third-order valence-electron chi connectivity index (χ3n) is 4.25. The third-order valence-corrected chi connectivity index (χ3v) is 4.25. The van der Waals surface area contributed by atoms with Crippen molar-refractivity contribution in [2.45, 2.75) is 20.3 Å². The fourth-order valence-electron chi connectivity index (χ4n) is 2.98. The van der Waals surface area contributed by atoms with E-state index in [0.29, 0.717) is 41.8 Å². The molecule has 152 valence electrons. The molecule has 0 saturated carbocycles. The third kappa shape index (κ3) is 5.47. The summed E-state index contributed by atoms with van der Waals surface area (Å²) in [6.45, 7) is 4.03. The van der Waals surface area contributed by atoms with Gasteiger partial charge in [0.05, 0.1) is 0 Å². The lowest BCUT2D eigenvalue weighted by Gasteiger charge is -2.24. The SMILES string of the molecule is CC(=O)Nc1cccc(NC(=O)CCN(C(C)=O)c2ccc3c(c2)OCCO3)c1. The molecular formula is C21H23N3O5. The topological polar surface area (TPSA) is 97.0 Å². The Morgan fingerprint density at radius 1 is 0.931 bits per heavy atom. The number of nitrogens with one attached hydrogen (secondary N) is 2. The summed E-state index contributed by atoms with van der Waals surface area (Å²) in [6.07, 6.45) is 0.110. The molecule has 0 fully saturated rings. The minimum Gasteiger partial charge on any atom is -0.486 e. The van der Waals surface area contributed by atoms with Crippen LogP contribution in [-0.2, 0) is 14.4 Å². The summed E-state index contributed by atoms with van der Waals surface area (Å²) in [6, 6.07) is 12.1. The van der Waals surface area contributed by atoms with Gasteiger partial charge in [0.15, 0.2) is 11.5 Å². The fraction of sp³-hybridized carbons (Fsp3) is 0.286. The first kappa shape index (κ1) is 20.2. The van der Waals surface area contributed by atoms with Crippen molar-refractivity contribution in [2.75, 3.05) is 35.3 Å². The Morgan fingerprint density at radius 3 is 2.31 bits per heavy atom. The number of anilines is 3. The summed E-state index contributed by atoms with van der Waals surface area (Å²) >= 11 is 0. The zero-order valence-corrected chi connectivity index (χ0v) is 16.4. The molecule has 0 spiro atoms. The predicted molar refractivity (Wildman–Crippen MR) is 109 cm³/mol. The molecule has 3 amide bonds. The quantitative estimate of drug-likeness (QED) is 0.781. The van der Waals surface area contributed by atoms with Crippen LogP contribution in [0.4, 0.5) is 17.1 Å².